The van der Waals surface area contributed by atoms with Gasteiger partial charge in [0.2, 0.25) is 0 Å². The average Bonchev–Trinajstić information content (AvgIpc) is 3.23. The molecule has 2 fully saturated rings. The molecule has 1 aromatic heterocycles. The lowest BCUT2D eigenvalue weighted by molar-refractivity contribution is 0.221. The first-order valence-corrected chi connectivity index (χ1v) is 10.7. The molecule has 1 aliphatic carbocycles. The van der Waals surface area contributed by atoms with Crippen LogP contribution in [-0.2, 0) is 10.2 Å². The van der Waals surface area contributed by atoms with Gasteiger partial charge in [-0.3, -0.25) is 0 Å². The molecule has 0 radical (unpaired) electrons. The van der Waals surface area contributed by atoms with Crippen LogP contribution in [0.3, 0.4) is 0 Å². The maximum atomic E-state index is 13.0. The van der Waals surface area contributed by atoms with Crippen molar-refractivity contribution in [2.24, 2.45) is 5.92 Å². The van der Waals surface area contributed by atoms with Crippen LogP contribution in [0.2, 0.25) is 0 Å². The molecule has 1 aliphatic heterocycles. The smallest absolute Gasteiger partial charge is 0.282 e. The molecule has 1 saturated heterocycles. The third-order valence-electron chi connectivity index (χ3n) is 5.39. The summed E-state index contributed by atoms with van der Waals surface area (Å²) in [5.41, 5.74) is 1.15. The summed E-state index contributed by atoms with van der Waals surface area (Å²) in [4.78, 5) is 0. The lowest BCUT2D eigenvalue weighted by Gasteiger charge is -2.33. The first-order chi connectivity index (χ1) is 11.0. The van der Waals surface area contributed by atoms with Crippen molar-refractivity contribution in [2.45, 2.75) is 44.1 Å². The molecule has 1 aromatic rings. The number of aliphatic hydroxyl groups excluding tert-OH is 1. The molecular formula is C16H26N2O3S2. The standard InChI is InChI=1S/C16H26N2O3S2/c1-17(15-5-3-2-4-6-15)23(20,21)18-9-14(11-19)16(10-18)13-7-8-22-12-13/h7-8,12,14-16,19H,2-6,9-11H2,1H3/t14-,16-/m0/s1. The van der Waals surface area contributed by atoms with Gasteiger partial charge in [-0.1, -0.05) is 19.3 Å². The van der Waals surface area contributed by atoms with Gasteiger partial charge in [-0.15, -0.1) is 0 Å². The molecule has 1 N–H and O–H groups in total. The second kappa shape index (κ2) is 7.19. The number of hydrogen-bond donors (Lipinski definition) is 1. The molecule has 23 heavy (non-hydrogen) atoms. The number of rotatable bonds is 5. The average molecular weight is 359 g/mol. The quantitative estimate of drug-likeness (QED) is 0.878. The summed E-state index contributed by atoms with van der Waals surface area (Å²) in [7, 11) is -1.73. The Balaban J connectivity index is 1.75. The Bertz CT molecular complexity index is 597. The second-order valence-corrected chi connectivity index (χ2v) is 9.51. The predicted octanol–water partition coefficient (Wildman–Crippen LogP) is 2.27. The summed E-state index contributed by atoms with van der Waals surface area (Å²) in [5, 5.41) is 13.7. The number of nitrogens with zero attached hydrogens (tertiary/aromatic N) is 2. The molecule has 130 valence electrons. The SMILES string of the molecule is CN(C1CCCCC1)S(=O)(=O)N1C[C@@H](CO)[C@H](c2ccsc2)C1. The Morgan fingerprint density at radius 2 is 2.04 bits per heavy atom. The van der Waals surface area contributed by atoms with Crippen molar-refractivity contribution >= 4 is 21.5 Å². The predicted molar refractivity (Wildman–Crippen MR) is 92.8 cm³/mol. The maximum absolute atomic E-state index is 13.0. The van der Waals surface area contributed by atoms with Crippen LogP contribution < -0.4 is 0 Å². The highest BCUT2D eigenvalue weighted by molar-refractivity contribution is 7.86. The minimum Gasteiger partial charge on any atom is -0.396 e. The highest BCUT2D eigenvalue weighted by Gasteiger charge is 2.42. The molecule has 2 aliphatic rings. The Kier molecular flexibility index (Phi) is 5.42. The van der Waals surface area contributed by atoms with Gasteiger partial charge in [0, 0.05) is 44.6 Å². The van der Waals surface area contributed by atoms with Crippen molar-refractivity contribution in [3.63, 3.8) is 0 Å². The van der Waals surface area contributed by atoms with Gasteiger partial charge < -0.3 is 5.11 Å². The molecule has 0 bridgehead atoms. The number of hydrogen-bond acceptors (Lipinski definition) is 4. The van der Waals surface area contributed by atoms with E-state index < -0.39 is 10.2 Å². The van der Waals surface area contributed by atoms with Crippen molar-refractivity contribution in [1.82, 2.24) is 8.61 Å². The van der Waals surface area contributed by atoms with Gasteiger partial charge in [0.25, 0.3) is 10.2 Å². The van der Waals surface area contributed by atoms with Crippen LogP contribution in [-0.4, -0.2) is 54.9 Å². The van der Waals surface area contributed by atoms with E-state index in [2.05, 4.69) is 5.38 Å². The Hall–Kier alpha value is -0.470. The summed E-state index contributed by atoms with van der Waals surface area (Å²) in [6, 6.07) is 2.17. The van der Waals surface area contributed by atoms with E-state index in [4.69, 9.17) is 0 Å². The fourth-order valence-electron chi connectivity index (χ4n) is 3.88. The molecular weight excluding hydrogens is 332 g/mol. The van der Waals surface area contributed by atoms with Crippen LogP contribution in [0.15, 0.2) is 16.8 Å². The van der Waals surface area contributed by atoms with Crippen molar-refractivity contribution in [2.75, 3.05) is 26.7 Å². The van der Waals surface area contributed by atoms with Gasteiger partial charge in [-0.05, 0) is 35.2 Å². The number of aliphatic hydroxyl groups is 1. The Morgan fingerprint density at radius 1 is 1.30 bits per heavy atom. The van der Waals surface area contributed by atoms with E-state index >= 15 is 0 Å². The van der Waals surface area contributed by atoms with Crippen LogP contribution in [0.25, 0.3) is 0 Å². The van der Waals surface area contributed by atoms with Gasteiger partial charge in [0.1, 0.15) is 0 Å². The zero-order chi connectivity index (χ0) is 16.4. The molecule has 0 spiro atoms. The van der Waals surface area contributed by atoms with Crippen molar-refractivity contribution in [1.29, 1.82) is 0 Å². The minimum absolute atomic E-state index is 0.0147. The second-order valence-electron chi connectivity index (χ2n) is 6.74. The fraction of sp³-hybridized carbons (Fsp3) is 0.750. The van der Waals surface area contributed by atoms with E-state index in [1.54, 1.807) is 27.0 Å². The zero-order valence-electron chi connectivity index (χ0n) is 13.6. The maximum Gasteiger partial charge on any atom is 0.282 e. The molecule has 5 nitrogen and oxygen atoms in total. The van der Waals surface area contributed by atoms with E-state index in [0.29, 0.717) is 13.1 Å². The molecule has 1 saturated carbocycles. The monoisotopic (exact) mass is 358 g/mol. The molecule has 0 unspecified atom stereocenters. The van der Waals surface area contributed by atoms with E-state index in [0.717, 1.165) is 31.2 Å². The van der Waals surface area contributed by atoms with Crippen molar-refractivity contribution in [3.8, 4) is 0 Å². The van der Waals surface area contributed by atoms with Gasteiger partial charge in [-0.2, -0.15) is 28.4 Å². The van der Waals surface area contributed by atoms with E-state index in [9.17, 15) is 13.5 Å². The molecule has 3 rings (SSSR count). The normalized spacial score (nSPS) is 27.8. The minimum atomic E-state index is -3.45. The third kappa shape index (κ3) is 3.49. The Labute approximate surface area is 143 Å². The molecule has 2 heterocycles. The largest absolute Gasteiger partial charge is 0.396 e. The third-order valence-corrected chi connectivity index (χ3v) is 8.07. The van der Waals surface area contributed by atoms with Gasteiger partial charge in [0.05, 0.1) is 0 Å². The van der Waals surface area contributed by atoms with Crippen LogP contribution in [0.5, 0.6) is 0 Å². The summed E-state index contributed by atoms with van der Waals surface area (Å²) >= 11 is 1.62. The summed E-state index contributed by atoms with van der Waals surface area (Å²) in [6.07, 6.45) is 5.35. The van der Waals surface area contributed by atoms with Crippen LogP contribution >= 0.6 is 11.3 Å². The topological polar surface area (TPSA) is 60.9 Å². The van der Waals surface area contributed by atoms with Gasteiger partial charge >= 0.3 is 0 Å². The first kappa shape index (κ1) is 17.4. The Morgan fingerprint density at radius 3 is 2.65 bits per heavy atom. The first-order valence-electron chi connectivity index (χ1n) is 8.40. The van der Waals surface area contributed by atoms with Crippen LogP contribution in [0.1, 0.15) is 43.6 Å². The highest BCUT2D eigenvalue weighted by atomic mass is 32.2. The van der Waals surface area contributed by atoms with Gasteiger partial charge in [0.15, 0.2) is 0 Å². The van der Waals surface area contributed by atoms with E-state index in [1.165, 1.54) is 6.42 Å². The zero-order valence-corrected chi connectivity index (χ0v) is 15.2. The van der Waals surface area contributed by atoms with Crippen molar-refractivity contribution < 1.29 is 13.5 Å². The molecule has 2 atom stereocenters. The summed E-state index contributed by atoms with van der Waals surface area (Å²) < 4.78 is 29.1. The fourth-order valence-corrected chi connectivity index (χ4v) is 6.29. The lowest BCUT2D eigenvalue weighted by Crippen LogP contribution is -2.46. The lowest BCUT2D eigenvalue weighted by atomic mass is 9.92. The summed E-state index contributed by atoms with van der Waals surface area (Å²) in [5.74, 6) is 0.0833. The molecule has 7 heteroatoms. The van der Waals surface area contributed by atoms with Crippen LogP contribution in [0.4, 0.5) is 0 Å². The summed E-state index contributed by atoms with van der Waals surface area (Å²) in [6.45, 7) is 0.914. The van der Waals surface area contributed by atoms with E-state index in [-0.39, 0.29) is 24.5 Å². The van der Waals surface area contributed by atoms with Crippen molar-refractivity contribution in [3.05, 3.63) is 22.4 Å². The molecule has 0 amide bonds. The van der Waals surface area contributed by atoms with Crippen LogP contribution in [0, 0.1) is 5.92 Å². The van der Waals surface area contributed by atoms with E-state index in [1.807, 2.05) is 11.4 Å². The molecule has 0 aromatic carbocycles. The number of thiophene rings is 1. The highest BCUT2D eigenvalue weighted by Crippen LogP contribution is 2.36. The van der Waals surface area contributed by atoms with Gasteiger partial charge in [-0.25, -0.2) is 0 Å².